The van der Waals surface area contributed by atoms with Gasteiger partial charge in [0.15, 0.2) is 9.84 Å². The van der Waals surface area contributed by atoms with Crippen LogP contribution in [0.15, 0.2) is 81.1 Å². The summed E-state index contributed by atoms with van der Waals surface area (Å²) >= 11 is 0. The summed E-state index contributed by atoms with van der Waals surface area (Å²) in [5.74, 6) is 1.38. The zero-order valence-electron chi connectivity index (χ0n) is 21.0. The summed E-state index contributed by atoms with van der Waals surface area (Å²) in [6.45, 7) is 4.99. The van der Waals surface area contributed by atoms with E-state index < -0.39 is 9.84 Å². The van der Waals surface area contributed by atoms with Gasteiger partial charge in [-0.2, -0.15) is 4.98 Å². The molecule has 2 aromatic heterocycles. The van der Waals surface area contributed by atoms with Crippen molar-refractivity contribution in [2.45, 2.75) is 25.3 Å². The topological polar surface area (TPSA) is 114 Å². The van der Waals surface area contributed by atoms with Crippen molar-refractivity contribution in [3.8, 4) is 28.6 Å². The summed E-state index contributed by atoms with van der Waals surface area (Å²) in [4.78, 5) is 17.2. The van der Waals surface area contributed by atoms with Crippen LogP contribution in [0.25, 0.3) is 22.8 Å². The Labute approximate surface area is 215 Å². The molecule has 4 aromatic rings. The van der Waals surface area contributed by atoms with Crippen molar-refractivity contribution in [2.24, 2.45) is 5.92 Å². The van der Waals surface area contributed by atoms with Gasteiger partial charge in [0.25, 0.3) is 11.4 Å². The smallest absolute Gasteiger partial charge is 0.258 e. The van der Waals surface area contributed by atoms with Gasteiger partial charge in [0.05, 0.1) is 23.8 Å². The fraction of sp³-hybridized carbons (Fsp3) is 0.296. The number of nitrogens with zero attached hydrogens (tertiary/aromatic N) is 3. The molecule has 194 valence electrons. The lowest BCUT2D eigenvalue weighted by molar-refractivity contribution is 0.146. The third-order valence-electron chi connectivity index (χ3n) is 5.49. The third-order valence-corrected chi connectivity index (χ3v) is 7.58. The van der Waals surface area contributed by atoms with Crippen molar-refractivity contribution in [1.29, 1.82) is 0 Å². The van der Waals surface area contributed by atoms with Gasteiger partial charge < -0.3 is 18.6 Å². The highest BCUT2D eigenvalue weighted by Gasteiger charge is 2.18. The first-order chi connectivity index (χ1) is 17.7. The van der Waals surface area contributed by atoms with Gasteiger partial charge in [-0.1, -0.05) is 31.1 Å². The predicted octanol–water partition coefficient (Wildman–Crippen LogP) is 4.07. The fourth-order valence-corrected chi connectivity index (χ4v) is 5.38. The maximum atomic E-state index is 12.5. The molecule has 9 nitrogen and oxygen atoms in total. The van der Waals surface area contributed by atoms with E-state index in [0.717, 1.165) is 5.56 Å². The lowest BCUT2D eigenvalue weighted by Crippen LogP contribution is -2.19. The van der Waals surface area contributed by atoms with Crippen LogP contribution in [-0.4, -0.2) is 49.2 Å². The number of hydrogen-bond donors (Lipinski definition) is 0. The largest absolute Gasteiger partial charge is 0.491 e. The Morgan fingerprint density at radius 2 is 1.76 bits per heavy atom. The second-order valence-electron chi connectivity index (χ2n) is 9.00. The van der Waals surface area contributed by atoms with E-state index in [4.69, 9.17) is 14.0 Å². The first-order valence-electron chi connectivity index (χ1n) is 11.8. The molecule has 4 rings (SSSR count). The zero-order chi connectivity index (χ0) is 26.4. The third kappa shape index (κ3) is 6.72. The van der Waals surface area contributed by atoms with Gasteiger partial charge in [-0.05, 0) is 53.9 Å². The van der Waals surface area contributed by atoms with Crippen molar-refractivity contribution >= 4 is 9.84 Å². The number of methoxy groups -OCH3 is 1. The molecule has 0 N–H and O–H groups in total. The van der Waals surface area contributed by atoms with Gasteiger partial charge >= 0.3 is 0 Å². The second kappa shape index (κ2) is 11.5. The van der Waals surface area contributed by atoms with Gasteiger partial charge in [-0.15, -0.1) is 0 Å². The van der Waals surface area contributed by atoms with Crippen molar-refractivity contribution in [3.05, 3.63) is 82.8 Å². The van der Waals surface area contributed by atoms with Crippen molar-refractivity contribution in [3.63, 3.8) is 0 Å². The second-order valence-corrected chi connectivity index (χ2v) is 11.0. The molecule has 0 saturated carbocycles. The molecule has 0 aliphatic heterocycles. The minimum absolute atomic E-state index is 0.0321. The molecule has 10 heteroatoms. The number of benzene rings is 2. The number of rotatable bonds is 11. The Morgan fingerprint density at radius 3 is 2.49 bits per heavy atom. The van der Waals surface area contributed by atoms with Crippen LogP contribution >= 0.6 is 0 Å². The number of sulfone groups is 1. The molecule has 0 fully saturated rings. The van der Waals surface area contributed by atoms with Crippen LogP contribution in [0.2, 0.25) is 0 Å². The Morgan fingerprint density at radius 1 is 1.00 bits per heavy atom. The van der Waals surface area contributed by atoms with Crippen LogP contribution in [0.4, 0.5) is 0 Å². The van der Waals surface area contributed by atoms with Crippen LogP contribution in [0.1, 0.15) is 19.4 Å². The van der Waals surface area contributed by atoms with E-state index in [2.05, 4.69) is 10.1 Å². The number of aromatic nitrogens is 3. The zero-order valence-corrected chi connectivity index (χ0v) is 21.8. The summed E-state index contributed by atoms with van der Waals surface area (Å²) in [6, 6.07) is 17.0. The van der Waals surface area contributed by atoms with Crippen molar-refractivity contribution in [2.75, 3.05) is 26.1 Å². The molecule has 0 atom stereocenters. The summed E-state index contributed by atoms with van der Waals surface area (Å²) in [5, 5.41) is 4.06. The summed E-state index contributed by atoms with van der Waals surface area (Å²) in [7, 11) is -1.74. The van der Waals surface area contributed by atoms with Crippen LogP contribution in [0.5, 0.6) is 5.75 Å². The Kier molecular flexibility index (Phi) is 8.20. The minimum atomic E-state index is -3.35. The molecule has 0 aliphatic carbocycles. The number of hydrogen-bond acceptors (Lipinski definition) is 8. The molecular formula is C27H29N3O6S. The van der Waals surface area contributed by atoms with Gasteiger partial charge in [0.1, 0.15) is 12.4 Å². The van der Waals surface area contributed by atoms with Crippen LogP contribution < -0.4 is 10.3 Å². The lowest BCUT2D eigenvalue weighted by atomic mass is 10.2. The van der Waals surface area contributed by atoms with E-state index in [9.17, 15) is 13.2 Å². The van der Waals surface area contributed by atoms with E-state index >= 15 is 0 Å². The summed E-state index contributed by atoms with van der Waals surface area (Å²) < 4.78 is 42.6. The first kappa shape index (κ1) is 26.3. The van der Waals surface area contributed by atoms with Crippen LogP contribution in [0, 0.1) is 5.92 Å². The van der Waals surface area contributed by atoms with Gasteiger partial charge in [-0.3, -0.25) is 4.79 Å². The summed E-state index contributed by atoms with van der Waals surface area (Å²) in [5.41, 5.74) is 1.94. The lowest BCUT2D eigenvalue weighted by Gasteiger charge is -2.10. The molecule has 0 unspecified atom stereocenters. The van der Waals surface area contributed by atoms with E-state index in [1.807, 2.05) is 38.1 Å². The van der Waals surface area contributed by atoms with E-state index in [1.54, 1.807) is 48.2 Å². The monoisotopic (exact) mass is 523 g/mol. The van der Waals surface area contributed by atoms with Gasteiger partial charge in [0, 0.05) is 30.5 Å². The van der Waals surface area contributed by atoms with E-state index in [1.165, 1.54) is 6.07 Å². The quantitative estimate of drug-likeness (QED) is 0.270. The maximum Gasteiger partial charge on any atom is 0.258 e. The predicted molar refractivity (Wildman–Crippen MR) is 139 cm³/mol. The fourth-order valence-electron chi connectivity index (χ4n) is 3.76. The average molecular weight is 524 g/mol. The minimum Gasteiger partial charge on any atom is -0.491 e. The normalized spacial score (nSPS) is 11.7. The molecule has 0 aliphatic rings. The molecule has 0 spiro atoms. The standard InChI is InChI=1S/C27H29N3O6S/c1-19(2)18-37(32,33)24-10-7-21(8-11-24)27-28-26(29-36-27)22-9-12-25(31)30(17-22)16-20-5-4-6-23(15-20)35-14-13-34-3/h4-12,15,17,19H,13-14,16,18H2,1-3H3. The van der Waals surface area contributed by atoms with Gasteiger partial charge in [0.2, 0.25) is 5.82 Å². The summed E-state index contributed by atoms with van der Waals surface area (Å²) in [6.07, 6.45) is 1.68. The van der Waals surface area contributed by atoms with Crippen molar-refractivity contribution in [1.82, 2.24) is 14.7 Å². The highest BCUT2D eigenvalue weighted by Crippen LogP contribution is 2.24. The molecule has 0 saturated heterocycles. The Bertz CT molecular complexity index is 1510. The number of ether oxygens (including phenoxy) is 2. The Balaban J connectivity index is 1.52. The van der Waals surface area contributed by atoms with Crippen molar-refractivity contribution < 1.29 is 22.4 Å². The highest BCUT2D eigenvalue weighted by molar-refractivity contribution is 7.91. The number of pyridine rings is 1. The maximum absolute atomic E-state index is 12.5. The molecule has 0 bridgehead atoms. The van der Waals surface area contributed by atoms with Gasteiger partial charge in [-0.25, -0.2) is 8.42 Å². The SMILES string of the molecule is COCCOc1cccc(Cn2cc(-c3noc(-c4ccc(S(=O)(=O)CC(C)C)cc4)n3)ccc2=O)c1. The highest BCUT2D eigenvalue weighted by atomic mass is 32.2. The molecular weight excluding hydrogens is 494 g/mol. The molecule has 2 aromatic carbocycles. The van der Waals surface area contributed by atoms with Crippen LogP contribution in [-0.2, 0) is 21.1 Å². The van der Waals surface area contributed by atoms with E-state index in [-0.39, 0.29) is 28.0 Å². The van der Waals surface area contributed by atoms with E-state index in [0.29, 0.717) is 42.5 Å². The molecule has 0 amide bonds. The Hall–Kier alpha value is -3.76. The molecule has 2 heterocycles. The molecule has 37 heavy (non-hydrogen) atoms. The average Bonchev–Trinajstić information content (AvgIpc) is 3.36. The first-order valence-corrected chi connectivity index (χ1v) is 13.5. The molecule has 0 radical (unpaired) electrons. The van der Waals surface area contributed by atoms with Crippen LogP contribution in [0.3, 0.4) is 0 Å².